The number of phenolic OH excluding ortho intramolecular Hbond substituents is 4. The maximum atomic E-state index is 12.7. The van der Waals surface area contributed by atoms with Crippen LogP contribution in [0.1, 0.15) is 25.0 Å². The number of benzene rings is 2. The molecule has 1 fully saturated rings. The zero-order valence-electron chi connectivity index (χ0n) is 15.8. The SMILES string of the molecule is CC1OC(c2c(O)cc3oc(-c4ccc(O)c(O)c4)cc(=O)c3c2O)CC(O)C1O. The third-order valence-electron chi connectivity index (χ3n) is 5.30. The van der Waals surface area contributed by atoms with Crippen molar-refractivity contribution in [3.8, 4) is 34.3 Å². The molecule has 1 saturated heterocycles. The van der Waals surface area contributed by atoms with E-state index < -0.39 is 47.1 Å². The van der Waals surface area contributed by atoms with Gasteiger partial charge in [0, 0.05) is 24.1 Å². The van der Waals surface area contributed by atoms with Crippen LogP contribution in [-0.4, -0.2) is 49.0 Å². The van der Waals surface area contributed by atoms with Crippen molar-refractivity contribution in [3.63, 3.8) is 0 Å². The van der Waals surface area contributed by atoms with E-state index in [1.54, 1.807) is 6.92 Å². The molecule has 158 valence electrons. The van der Waals surface area contributed by atoms with Crippen molar-refractivity contribution in [2.24, 2.45) is 0 Å². The molecule has 1 aromatic heterocycles. The zero-order chi connectivity index (χ0) is 21.7. The molecule has 4 rings (SSSR count). The van der Waals surface area contributed by atoms with Crippen LogP contribution in [0.3, 0.4) is 0 Å². The van der Waals surface area contributed by atoms with E-state index in [0.717, 1.165) is 12.1 Å². The van der Waals surface area contributed by atoms with E-state index >= 15 is 0 Å². The maximum absolute atomic E-state index is 12.7. The molecular weight excluding hydrogens is 396 g/mol. The van der Waals surface area contributed by atoms with Crippen LogP contribution >= 0.6 is 0 Å². The highest BCUT2D eigenvalue weighted by Crippen LogP contribution is 2.44. The fourth-order valence-corrected chi connectivity index (χ4v) is 3.69. The summed E-state index contributed by atoms with van der Waals surface area (Å²) >= 11 is 0. The summed E-state index contributed by atoms with van der Waals surface area (Å²) in [5.74, 6) is -1.64. The Morgan fingerprint density at radius 3 is 2.37 bits per heavy atom. The molecule has 1 aliphatic heterocycles. The first-order valence-electron chi connectivity index (χ1n) is 9.24. The van der Waals surface area contributed by atoms with Crippen LogP contribution in [0, 0.1) is 0 Å². The lowest BCUT2D eigenvalue weighted by atomic mass is 9.92. The molecule has 0 radical (unpaired) electrons. The molecule has 0 amide bonds. The van der Waals surface area contributed by atoms with Gasteiger partial charge in [-0.1, -0.05) is 0 Å². The van der Waals surface area contributed by atoms with Crippen LogP contribution in [0.2, 0.25) is 0 Å². The fourth-order valence-electron chi connectivity index (χ4n) is 3.69. The Bertz CT molecular complexity index is 1170. The highest BCUT2D eigenvalue weighted by atomic mass is 16.5. The molecule has 0 spiro atoms. The summed E-state index contributed by atoms with van der Waals surface area (Å²) in [6.45, 7) is 1.54. The number of phenols is 4. The number of fused-ring (bicyclic) bond motifs is 1. The summed E-state index contributed by atoms with van der Waals surface area (Å²) in [5.41, 5.74) is -0.494. The lowest BCUT2D eigenvalue weighted by Crippen LogP contribution is -2.43. The predicted molar refractivity (Wildman–Crippen MR) is 104 cm³/mol. The number of hydrogen-bond acceptors (Lipinski definition) is 9. The van der Waals surface area contributed by atoms with E-state index in [1.807, 2.05) is 0 Å². The Balaban J connectivity index is 1.84. The van der Waals surface area contributed by atoms with E-state index in [9.17, 15) is 35.4 Å². The van der Waals surface area contributed by atoms with Gasteiger partial charge < -0.3 is 39.8 Å². The van der Waals surface area contributed by atoms with Crippen LogP contribution in [0.15, 0.2) is 39.5 Å². The Hall–Kier alpha value is -3.27. The van der Waals surface area contributed by atoms with Gasteiger partial charge in [-0.05, 0) is 25.1 Å². The van der Waals surface area contributed by atoms with Gasteiger partial charge in [-0.2, -0.15) is 0 Å². The summed E-state index contributed by atoms with van der Waals surface area (Å²) in [6, 6.07) is 6.13. The van der Waals surface area contributed by atoms with E-state index in [2.05, 4.69) is 0 Å². The third-order valence-corrected chi connectivity index (χ3v) is 5.30. The van der Waals surface area contributed by atoms with Gasteiger partial charge in [-0.15, -0.1) is 0 Å². The normalized spacial score (nSPS) is 24.2. The van der Waals surface area contributed by atoms with Crippen molar-refractivity contribution in [1.82, 2.24) is 0 Å². The second-order valence-electron chi connectivity index (χ2n) is 7.33. The van der Waals surface area contributed by atoms with E-state index in [1.165, 1.54) is 18.2 Å². The van der Waals surface area contributed by atoms with Crippen molar-refractivity contribution in [1.29, 1.82) is 0 Å². The van der Waals surface area contributed by atoms with Crippen LogP contribution in [0.5, 0.6) is 23.0 Å². The van der Waals surface area contributed by atoms with Crippen LogP contribution in [0.4, 0.5) is 0 Å². The minimum atomic E-state index is -1.13. The minimum Gasteiger partial charge on any atom is -0.507 e. The van der Waals surface area contributed by atoms with E-state index in [-0.39, 0.29) is 34.5 Å². The number of rotatable bonds is 2. The van der Waals surface area contributed by atoms with Gasteiger partial charge in [0.15, 0.2) is 16.9 Å². The minimum absolute atomic E-state index is 0.0513. The summed E-state index contributed by atoms with van der Waals surface area (Å²) in [4.78, 5) is 12.7. The van der Waals surface area contributed by atoms with E-state index in [0.29, 0.717) is 5.56 Å². The molecule has 30 heavy (non-hydrogen) atoms. The average molecular weight is 416 g/mol. The predicted octanol–water partition coefficient (Wildman–Crippen LogP) is 1.85. The monoisotopic (exact) mass is 416 g/mol. The molecular formula is C21H20O9. The van der Waals surface area contributed by atoms with Gasteiger partial charge in [0.25, 0.3) is 0 Å². The molecule has 6 N–H and O–H groups in total. The largest absolute Gasteiger partial charge is 0.507 e. The average Bonchev–Trinajstić information content (AvgIpc) is 2.67. The Morgan fingerprint density at radius 1 is 0.967 bits per heavy atom. The van der Waals surface area contributed by atoms with Crippen molar-refractivity contribution in [2.45, 2.75) is 37.8 Å². The van der Waals surface area contributed by atoms with Crippen LogP contribution in [0.25, 0.3) is 22.3 Å². The van der Waals surface area contributed by atoms with Gasteiger partial charge in [-0.3, -0.25) is 4.79 Å². The quantitative estimate of drug-likeness (QED) is 0.343. The second kappa shape index (κ2) is 7.21. The molecule has 2 heterocycles. The van der Waals surface area contributed by atoms with Crippen molar-refractivity contribution < 1.29 is 39.8 Å². The highest BCUT2D eigenvalue weighted by molar-refractivity contribution is 5.88. The smallest absolute Gasteiger partial charge is 0.197 e. The number of aliphatic hydroxyl groups excluding tert-OH is 2. The van der Waals surface area contributed by atoms with Crippen molar-refractivity contribution in [3.05, 3.63) is 46.1 Å². The lowest BCUT2D eigenvalue weighted by Gasteiger charge is -2.36. The van der Waals surface area contributed by atoms with Gasteiger partial charge in [-0.25, -0.2) is 0 Å². The number of ether oxygens (including phenoxy) is 1. The summed E-state index contributed by atoms with van der Waals surface area (Å²) in [6.07, 6.45) is -4.03. The Labute approximate surface area is 169 Å². The first-order chi connectivity index (χ1) is 14.2. The fraction of sp³-hybridized carbons (Fsp3) is 0.286. The number of hydrogen-bond donors (Lipinski definition) is 6. The molecule has 2 aromatic carbocycles. The van der Waals surface area contributed by atoms with E-state index in [4.69, 9.17) is 9.15 Å². The lowest BCUT2D eigenvalue weighted by molar-refractivity contribution is -0.164. The molecule has 3 aromatic rings. The van der Waals surface area contributed by atoms with Crippen LogP contribution in [-0.2, 0) is 4.74 Å². The van der Waals surface area contributed by atoms with Crippen molar-refractivity contribution >= 4 is 11.0 Å². The molecule has 0 bridgehead atoms. The molecule has 1 aliphatic rings. The van der Waals surface area contributed by atoms with Crippen LogP contribution < -0.4 is 5.43 Å². The molecule has 0 saturated carbocycles. The van der Waals surface area contributed by atoms with Gasteiger partial charge in [0.1, 0.15) is 34.3 Å². The summed E-state index contributed by atoms with van der Waals surface area (Å²) in [7, 11) is 0. The molecule has 4 atom stereocenters. The van der Waals surface area contributed by atoms with Gasteiger partial charge in [0.2, 0.25) is 0 Å². The molecule has 9 nitrogen and oxygen atoms in total. The molecule has 4 unspecified atom stereocenters. The topological polar surface area (TPSA) is 161 Å². The molecule has 0 aliphatic carbocycles. The van der Waals surface area contributed by atoms with Gasteiger partial charge >= 0.3 is 0 Å². The molecule has 9 heteroatoms. The Kier molecular flexibility index (Phi) is 4.81. The standard InChI is InChI=1S/C21H20O9/c1-8-20(27)14(26)7-16(29-8)18-13(25)6-17-19(21(18)28)12(24)5-15(30-17)9-2-3-10(22)11(23)4-9/h2-6,8,14,16,20,22-23,25-28H,7H2,1H3. The van der Waals surface area contributed by atoms with Gasteiger partial charge in [0.05, 0.1) is 23.9 Å². The zero-order valence-corrected chi connectivity index (χ0v) is 15.8. The highest BCUT2D eigenvalue weighted by Gasteiger charge is 2.37. The third kappa shape index (κ3) is 3.22. The summed E-state index contributed by atoms with van der Waals surface area (Å²) in [5, 5.41) is 60.0. The maximum Gasteiger partial charge on any atom is 0.197 e. The Morgan fingerprint density at radius 2 is 1.70 bits per heavy atom. The number of aromatic hydroxyl groups is 4. The second-order valence-corrected chi connectivity index (χ2v) is 7.33. The number of aliphatic hydroxyl groups is 2. The first-order valence-corrected chi connectivity index (χ1v) is 9.24. The first kappa shape index (κ1) is 20.0. The summed E-state index contributed by atoms with van der Waals surface area (Å²) < 4.78 is 11.3. The van der Waals surface area contributed by atoms with Crippen molar-refractivity contribution in [2.75, 3.05) is 0 Å².